The van der Waals surface area contributed by atoms with Gasteiger partial charge in [-0.15, -0.1) is 11.6 Å². The van der Waals surface area contributed by atoms with E-state index in [4.69, 9.17) is 11.6 Å². The summed E-state index contributed by atoms with van der Waals surface area (Å²) in [5.74, 6) is 1.31. The molecule has 0 aliphatic rings. The average molecular weight is 376 g/mol. The van der Waals surface area contributed by atoms with Crippen molar-refractivity contribution in [2.75, 3.05) is 5.32 Å². The van der Waals surface area contributed by atoms with Crippen LogP contribution in [0.4, 0.5) is 11.5 Å². The highest BCUT2D eigenvalue weighted by Crippen LogP contribution is 2.26. The van der Waals surface area contributed by atoms with Crippen LogP contribution in [0, 0.1) is 0 Å². The molecule has 2 nitrogen and oxygen atoms in total. The van der Waals surface area contributed by atoms with E-state index in [0.29, 0.717) is 5.88 Å². The molecule has 0 radical (unpaired) electrons. The van der Waals surface area contributed by atoms with Crippen LogP contribution in [-0.4, -0.2) is 4.98 Å². The van der Waals surface area contributed by atoms with Crippen LogP contribution in [0.3, 0.4) is 0 Å². The predicted octanol–water partition coefficient (Wildman–Crippen LogP) is 5.09. The van der Waals surface area contributed by atoms with Crippen LogP contribution in [0.5, 0.6) is 0 Å². The Morgan fingerprint density at radius 3 is 2.47 bits per heavy atom. The molecule has 0 amide bonds. The van der Waals surface area contributed by atoms with Crippen LogP contribution in [0.25, 0.3) is 0 Å². The number of benzene rings is 1. The van der Waals surface area contributed by atoms with E-state index in [-0.39, 0.29) is 0 Å². The van der Waals surface area contributed by atoms with E-state index in [1.165, 1.54) is 0 Å². The minimum absolute atomic E-state index is 0.528. The number of aromatic nitrogens is 1. The van der Waals surface area contributed by atoms with Gasteiger partial charge in [0.2, 0.25) is 0 Å². The Morgan fingerprint density at radius 2 is 1.88 bits per heavy atom. The highest BCUT2D eigenvalue weighted by Gasteiger charge is 2.02. The van der Waals surface area contributed by atoms with Gasteiger partial charge in [0, 0.05) is 22.2 Å². The molecule has 0 aliphatic heterocycles. The Kier molecular flexibility index (Phi) is 4.42. The van der Waals surface area contributed by atoms with E-state index in [0.717, 1.165) is 26.0 Å². The lowest BCUT2D eigenvalue weighted by Crippen LogP contribution is -1.94. The third-order valence-corrected chi connectivity index (χ3v) is 3.53. The molecular formula is C12H9Br2ClN2. The van der Waals surface area contributed by atoms with E-state index in [1.54, 1.807) is 6.20 Å². The lowest BCUT2D eigenvalue weighted by atomic mass is 10.2. The maximum absolute atomic E-state index is 5.74. The maximum atomic E-state index is 5.74. The Bertz CT molecular complexity index is 514. The third kappa shape index (κ3) is 3.44. The molecule has 0 fully saturated rings. The van der Waals surface area contributed by atoms with Gasteiger partial charge in [0.15, 0.2) is 0 Å². The van der Waals surface area contributed by atoms with Crippen molar-refractivity contribution in [1.29, 1.82) is 0 Å². The number of hydrogen-bond donors (Lipinski definition) is 1. The molecule has 0 aliphatic carbocycles. The molecule has 5 heteroatoms. The summed E-state index contributed by atoms with van der Waals surface area (Å²) in [6, 6.07) is 9.88. The molecule has 1 N–H and O–H groups in total. The number of nitrogens with one attached hydrogen (secondary N) is 1. The number of halogens is 3. The molecule has 2 rings (SSSR count). The second kappa shape index (κ2) is 5.85. The SMILES string of the molecule is ClCc1ccc(Nc2ncc(Br)cc2Br)cc1. The van der Waals surface area contributed by atoms with Gasteiger partial charge < -0.3 is 5.32 Å². The largest absolute Gasteiger partial charge is 0.339 e. The van der Waals surface area contributed by atoms with E-state index in [1.807, 2.05) is 30.3 Å². The van der Waals surface area contributed by atoms with Crippen molar-refractivity contribution in [3.8, 4) is 0 Å². The van der Waals surface area contributed by atoms with Crippen LogP contribution >= 0.6 is 43.5 Å². The zero-order valence-electron chi connectivity index (χ0n) is 8.75. The first-order valence-electron chi connectivity index (χ1n) is 4.92. The first-order valence-corrected chi connectivity index (χ1v) is 7.04. The summed E-state index contributed by atoms with van der Waals surface area (Å²) < 4.78 is 1.85. The molecular weight excluding hydrogens is 367 g/mol. The normalized spacial score (nSPS) is 10.3. The zero-order valence-corrected chi connectivity index (χ0v) is 12.7. The fourth-order valence-corrected chi connectivity index (χ4v) is 2.59. The summed E-state index contributed by atoms with van der Waals surface area (Å²) in [6.07, 6.45) is 1.75. The number of rotatable bonds is 3. The minimum atomic E-state index is 0.528. The van der Waals surface area contributed by atoms with Crippen molar-refractivity contribution in [3.05, 3.63) is 51.0 Å². The summed E-state index contributed by atoms with van der Waals surface area (Å²) in [6.45, 7) is 0. The molecule has 2 aromatic rings. The Labute approximate surface area is 122 Å². The second-order valence-corrected chi connectivity index (χ2v) is 5.48. The minimum Gasteiger partial charge on any atom is -0.339 e. The van der Waals surface area contributed by atoms with Gasteiger partial charge in [0.05, 0.1) is 4.47 Å². The van der Waals surface area contributed by atoms with E-state index in [2.05, 4.69) is 42.2 Å². The van der Waals surface area contributed by atoms with Crippen LogP contribution in [0.2, 0.25) is 0 Å². The van der Waals surface area contributed by atoms with Crippen molar-refractivity contribution in [2.45, 2.75) is 5.88 Å². The van der Waals surface area contributed by atoms with Gasteiger partial charge in [-0.05, 0) is 55.6 Å². The smallest absolute Gasteiger partial charge is 0.144 e. The van der Waals surface area contributed by atoms with Crippen LogP contribution < -0.4 is 5.32 Å². The van der Waals surface area contributed by atoms with E-state index >= 15 is 0 Å². The van der Waals surface area contributed by atoms with Crippen molar-refractivity contribution in [1.82, 2.24) is 4.98 Å². The number of alkyl halides is 1. The summed E-state index contributed by atoms with van der Waals surface area (Å²) in [7, 11) is 0. The molecule has 1 aromatic heterocycles. The van der Waals surface area contributed by atoms with Gasteiger partial charge in [-0.25, -0.2) is 4.98 Å². The molecule has 0 spiro atoms. The summed E-state index contributed by atoms with van der Waals surface area (Å²) in [5.41, 5.74) is 2.08. The van der Waals surface area contributed by atoms with E-state index < -0.39 is 0 Å². The molecule has 17 heavy (non-hydrogen) atoms. The summed E-state index contributed by atoms with van der Waals surface area (Å²) in [5, 5.41) is 3.23. The molecule has 0 atom stereocenters. The Balaban J connectivity index is 2.19. The van der Waals surface area contributed by atoms with Gasteiger partial charge in [-0.1, -0.05) is 12.1 Å². The fraction of sp³-hybridized carbons (Fsp3) is 0.0833. The van der Waals surface area contributed by atoms with Crippen LogP contribution in [-0.2, 0) is 5.88 Å². The lowest BCUT2D eigenvalue weighted by molar-refractivity contribution is 1.27. The maximum Gasteiger partial charge on any atom is 0.144 e. The van der Waals surface area contributed by atoms with Gasteiger partial charge in [-0.3, -0.25) is 0 Å². The molecule has 0 saturated carbocycles. The van der Waals surface area contributed by atoms with Crippen LogP contribution in [0.1, 0.15) is 5.56 Å². The van der Waals surface area contributed by atoms with Gasteiger partial charge in [0.25, 0.3) is 0 Å². The highest BCUT2D eigenvalue weighted by molar-refractivity contribution is 9.11. The monoisotopic (exact) mass is 374 g/mol. The average Bonchev–Trinajstić information content (AvgIpc) is 2.34. The number of anilines is 2. The molecule has 0 unspecified atom stereocenters. The predicted molar refractivity (Wildman–Crippen MR) is 78.9 cm³/mol. The van der Waals surface area contributed by atoms with Crippen molar-refractivity contribution in [3.63, 3.8) is 0 Å². The standard InChI is InChI=1S/C12H9Br2ClN2/c13-9-5-11(14)12(16-7-9)17-10-3-1-8(6-15)2-4-10/h1-5,7H,6H2,(H,16,17). The summed E-state index contributed by atoms with van der Waals surface area (Å²) in [4.78, 5) is 4.28. The summed E-state index contributed by atoms with van der Waals surface area (Å²) >= 11 is 12.6. The highest BCUT2D eigenvalue weighted by atomic mass is 79.9. The molecule has 88 valence electrons. The fourth-order valence-electron chi connectivity index (χ4n) is 1.32. The van der Waals surface area contributed by atoms with Gasteiger partial charge >= 0.3 is 0 Å². The molecule has 1 heterocycles. The first-order chi connectivity index (χ1) is 8.19. The number of nitrogens with zero attached hydrogens (tertiary/aromatic N) is 1. The number of pyridine rings is 1. The molecule has 0 saturated heterocycles. The molecule has 1 aromatic carbocycles. The Hall–Kier alpha value is -0.580. The molecule has 0 bridgehead atoms. The second-order valence-electron chi connectivity index (χ2n) is 3.44. The third-order valence-electron chi connectivity index (χ3n) is 2.18. The first kappa shape index (κ1) is 12.9. The van der Waals surface area contributed by atoms with E-state index in [9.17, 15) is 0 Å². The topological polar surface area (TPSA) is 24.9 Å². The number of hydrogen-bond acceptors (Lipinski definition) is 2. The Morgan fingerprint density at radius 1 is 1.18 bits per heavy atom. The lowest BCUT2D eigenvalue weighted by Gasteiger charge is -2.08. The van der Waals surface area contributed by atoms with Crippen LogP contribution in [0.15, 0.2) is 45.5 Å². The van der Waals surface area contributed by atoms with Crippen molar-refractivity contribution < 1.29 is 0 Å². The van der Waals surface area contributed by atoms with Crippen molar-refractivity contribution >= 4 is 55.0 Å². The zero-order chi connectivity index (χ0) is 12.3. The van der Waals surface area contributed by atoms with Crippen molar-refractivity contribution in [2.24, 2.45) is 0 Å². The van der Waals surface area contributed by atoms with Gasteiger partial charge in [0.1, 0.15) is 5.82 Å². The van der Waals surface area contributed by atoms with Gasteiger partial charge in [-0.2, -0.15) is 0 Å². The quantitative estimate of drug-likeness (QED) is 0.755.